The lowest BCUT2D eigenvalue weighted by Gasteiger charge is -2.23. The van der Waals surface area contributed by atoms with E-state index in [4.69, 9.17) is 0 Å². The highest BCUT2D eigenvalue weighted by Gasteiger charge is 2.25. The predicted octanol–water partition coefficient (Wildman–Crippen LogP) is 0.919. The molecule has 1 rings (SSSR count). The fourth-order valence-corrected chi connectivity index (χ4v) is 1.02. The van der Waals surface area contributed by atoms with Gasteiger partial charge in [-0.25, -0.2) is 0 Å². The Bertz CT molecular complexity index is 170. The lowest BCUT2D eigenvalue weighted by atomic mass is 9.82. The quantitative estimate of drug-likeness (QED) is 0.570. The van der Waals surface area contributed by atoms with Gasteiger partial charge < -0.3 is 4.74 Å². The third-order valence-corrected chi connectivity index (χ3v) is 1.98. The van der Waals surface area contributed by atoms with E-state index in [0.29, 0.717) is 0 Å². The lowest BCUT2D eigenvalue weighted by Crippen LogP contribution is -2.26. The van der Waals surface area contributed by atoms with E-state index in [2.05, 4.69) is 4.74 Å². The summed E-state index contributed by atoms with van der Waals surface area (Å²) in [5.74, 6) is -0.126. The smallest absolute Gasteiger partial charge is 0.303 e. The molecule has 0 heterocycles. The second kappa shape index (κ2) is 3.51. The zero-order chi connectivity index (χ0) is 8.27. The Morgan fingerprint density at radius 3 is 2.45 bits per heavy atom. The number of esters is 1. The lowest BCUT2D eigenvalue weighted by molar-refractivity contribution is -0.147. The largest absolute Gasteiger partial charge is 0.458 e. The van der Waals surface area contributed by atoms with Crippen LogP contribution in [-0.4, -0.2) is 18.4 Å². The maximum absolute atomic E-state index is 11.1. The van der Waals surface area contributed by atoms with Crippen LogP contribution < -0.4 is 0 Å². The zero-order valence-electron chi connectivity index (χ0n) is 6.63. The number of rotatable bonds is 3. The highest BCUT2D eigenvalue weighted by molar-refractivity contribution is 5.84. The first-order valence-electron chi connectivity index (χ1n) is 3.86. The molecule has 3 heteroatoms. The molecule has 0 radical (unpaired) electrons. The van der Waals surface area contributed by atoms with Crippen molar-refractivity contribution < 1.29 is 14.3 Å². The molecule has 1 saturated carbocycles. The van der Waals surface area contributed by atoms with Gasteiger partial charge in [0.2, 0.25) is 0 Å². The first-order chi connectivity index (χ1) is 5.20. The molecule has 0 spiro atoms. The molecule has 0 aromatic rings. The van der Waals surface area contributed by atoms with E-state index < -0.39 is 0 Å². The molecule has 0 aromatic heterocycles. The molecule has 1 aliphatic carbocycles. The van der Waals surface area contributed by atoms with E-state index >= 15 is 0 Å². The number of Topliss-reactive ketones (excluding diaryl/α,β-unsaturated/α-hetero) is 1. The van der Waals surface area contributed by atoms with Crippen molar-refractivity contribution >= 4 is 11.8 Å². The predicted molar refractivity (Wildman–Crippen MR) is 39.0 cm³/mol. The van der Waals surface area contributed by atoms with E-state index in [1.807, 2.05) is 0 Å². The number of ketones is 1. The molecule has 3 nitrogen and oxygen atoms in total. The molecule has 0 atom stereocenters. The van der Waals surface area contributed by atoms with Crippen LogP contribution in [0.15, 0.2) is 0 Å². The van der Waals surface area contributed by atoms with Crippen LogP contribution in [0.4, 0.5) is 0 Å². The zero-order valence-corrected chi connectivity index (χ0v) is 6.63. The van der Waals surface area contributed by atoms with Crippen LogP contribution in [0.3, 0.4) is 0 Å². The molecule has 0 bridgehead atoms. The van der Waals surface area contributed by atoms with Crippen molar-refractivity contribution in [3.05, 3.63) is 0 Å². The van der Waals surface area contributed by atoms with Gasteiger partial charge in [0.05, 0.1) is 0 Å². The number of ether oxygens (including phenoxy) is 1. The summed E-state index contributed by atoms with van der Waals surface area (Å²) in [6.45, 7) is 1.29. The standard InChI is InChI=1S/C8H12O3/c1-6(9)11-5-8(10)7-3-2-4-7/h7H,2-5H2,1H3. The van der Waals surface area contributed by atoms with Crippen molar-refractivity contribution in [2.24, 2.45) is 5.92 Å². The van der Waals surface area contributed by atoms with E-state index in [9.17, 15) is 9.59 Å². The molecular formula is C8H12O3. The van der Waals surface area contributed by atoms with Crippen LogP contribution in [0.2, 0.25) is 0 Å². The normalized spacial score (nSPS) is 17.2. The van der Waals surface area contributed by atoms with Crippen molar-refractivity contribution in [3.8, 4) is 0 Å². The average molecular weight is 156 g/mol. The Labute approximate surface area is 65.7 Å². The van der Waals surface area contributed by atoms with Gasteiger partial charge in [-0.15, -0.1) is 0 Å². The fourth-order valence-electron chi connectivity index (χ4n) is 1.02. The van der Waals surface area contributed by atoms with Gasteiger partial charge in [-0.05, 0) is 12.8 Å². The molecule has 11 heavy (non-hydrogen) atoms. The van der Waals surface area contributed by atoms with Gasteiger partial charge >= 0.3 is 5.97 Å². The Hall–Kier alpha value is -0.860. The van der Waals surface area contributed by atoms with Gasteiger partial charge in [0.25, 0.3) is 0 Å². The van der Waals surface area contributed by atoms with Gasteiger partial charge in [0.1, 0.15) is 6.61 Å². The van der Waals surface area contributed by atoms with Crippen molar-refractivity contribution in [1.29, 1.82) is 0 Å². The van der Waals surface area contributed by atoms with Crippen molar-refractivity contribution in [3.63, 3.8) is 0 Å². The highest BCUT2D eigenvalue weighted by atomic mass is 16.5. The van der Waals surface area contributed by atoms with E-state index in [0.717, 1.165) is 19.3 Å². The number of hydrogen-bond acceptors (Lipinski definition) is 3. The van der Waals surface area contributed by atoms with Crippen LogP contribution in [0, 0.1) is 5.92 Å². The van der Waals surface area contributed by atoms with Crippen LogP contribution in [0.25, 0.3) is 0 Å². The molecule has 1 aliphatic rings. The SMILES string of the molecule is CC(=O)OCC(=O)C1CCC1. The Morgan fingerprint density at radius 2 is 2.09 bits per heavy atom. The summed E-state index contributed by atoms with van der Waals surface area (Å²) in [5.41, 5.74) is 0. The molecule has 0 aromatic carbocycles. The number of carbonyl (C=O) groups excluding carboxylic acids is 2. The Kier molecular flexibility index (Phi) is 2.63. The molecule has 0 aliphatic heterocycles. The van der Waals surface area contributed by atoms with Crippen LogP contribution in [0.1, 0.15) is 26.2 Å². The summed E-state index contributed by atoms with van der Waals surface area (Å²) in [7, 11) is 0. The molecule has 1 fully saturated rings. The molecule has 62 valence electrons. The van der Waals surface area contributed by atoms with Gasteiger partial charge in [-0.2, -0.15) is 0 Å². The summed E-state index contributed by atoms with van der Waals surface area (Å²) >= 11 is 0. The molecule has 0 unspecified atom stereocenters. The minimum absolute atomic E-state index is 0.0278. The van der Waals surface area contributed by atoms with Gasteiger partial charge in [-0.3, -0.25) is 9.59 Å². The number of hydrogen-bond donors (Lipinski definition) is 0. The monoisotopic (exact) mass is 156 g/mol. The second-order valence-electron chi connectivity index (χ2n) is 2.87. The summed E-state index contributed by atoms with van der Waals surface area (Å²) in [4.78, 5) is 21.4. The third kappa shape index (κ3) is 2.33. The Balaban J connectivity index is 2.15. The topological polar surface area (TPSA) is 43.4 Å². The van der Waals surface area contributed by atoms with Crippen molar-refractivity contribution in [2.75, 3.05) is 6.61 Å². The van der Waals surface area contributed by atoms with E-state index in [-0.39, 0.29) is 24.3 Å². The average Bonchev–Trinajstić information content (AvgIpc) is 1.79. The minimum atomic E-state index is -0.377. The van der Waals surface area contributed by atoms with Crippen molar-refractivity contribution in [1.82, 2.24) is 0 Å². The maximum Gasteiger partial charge on any atom is 0.303 e. The van der Waals surface area contributed by atoms with E-state index in [1.165, 1.54) is 6.92 Å². The Morgan fingerprint density at radius 1 is 1.45 bits per heavy atom. The highest BCUT2D eigenvalue weighted by Crippen LogP contribution is 2.26. The minimum Gasteiger partial charge on any atom is -0.458 e. The van der Waals surface area contributed by atoms with Crippen molar-refractivity contribution in [2.45, 2.75) is 26.2 Å². The maximum atomic E-state index is 11.1. The molecule has 0 N–H and O–H groups in total. The first kappa shape index (κ1) is 8.24. The summed E-state index contributed by atoms with van der Waals surface area (Å²) in [6.07, 6.45) is 3.08. The van der Waals surface area contributed by atoms with Crippen LogP contribution in [-0.2, 0) is 14.3 Å². The fraction of sp³-hybridized carbons (Fsp3) is 0.750. The molecule has 0 saturated heterocycles. The number of carbonyl (C=O) groups is 2. The van der Waals surface area contributed by atoms with Gasteiger partial charge in [0.15, 0.2) is 5.78 Å². The molecule has 0 amide bonds. The summed E-state index contributed by atoms with van der Waals surface area (Å²) in [6, 6.07) is 0. The van der Waals surface area contributed by atoms with Crippen LogP contribution in [0.5, 0.6) is 0 Å². The first-order valence-corrected chi connectivity index (χ1v) is 3.86. The molecular weight excluding hydrogens is 144 g/mol. The summed E-state index contributed by atoms with van der Waals surface area (Å²) in [5, 5.41) is 0. The summed E-state index contributed by atoms with van der Waals surface area (Å²) < 4.78 is 4.57. The van der Waals surface area contributed by atoms with E-state index in [1.54, 1.807) is 0 Å². The van der Waals surface area contributed by atoms with Gasteiger partial charge in [0, 0.05) is 12.8 Å². The second-order valence-corrected chi connectivity index (χ2v) is 2.87. The van der Waals surface area contributed by atoms with Gasteiger partial charge in [-0.1, -0.05) is 6.42 Å². The van der Waals surface area contributed by atoms with Crippen LogP contribution >= 0.6 is 0 Å². The third-order valence-electron chi connectivity index (χ3n) is 1.98.